The first-order chi connectivity index (χ1) is 11.8. The number of benzene rings is 2. The van der Waals surface area contributed by atoms with Gasteiger partial charge in [-0.2, -0.15) is 0 Å². The third-order valence-electron chi connectivity index (χ3n) is 4.74. The van der Waals surface area contributed by atoms with Crippen LogP contribution in [0.25, 0.3) is 0 Å². The maximum atomic E-state index is 12.7. The number of aryl methyl sites for hydroxylation is 3. The Labute approximate surface area is 151 Å². The van der Waals surface area contributed by atoms with Crippen LogP contribution in [0.3, 0.4) is 0 Å². The number of amides is 1. The first-order valence-electron chi connectivity index (χ1n) is 9.08. The van der Waals surface area contributed by atoms with Crippen molar-refractivity contribution in [3.8, 4) is 0 Å². The normalized spacial score (nSPS) is 13.6. The molecule has 0 radical (unpaired) electrons. The Morgan fingerprint density at radius 2 is 1.52 bits per heavy atom. The number of rotatable bonds is 6. The predicted molar refractivity (Wildman–Crippen MR) is 105 cm³/mol. The molecule has 3 heteroatoms. The Bertz CT molecular complexity index is 699. The smallest absolute Gasteiger partial charge is 0.282 e. The van der Waals surface area contributed by atoms with Crippen molar-refractivity contribution in [2.24, 2.45) is 5.92 Å². The number of hydrogen-bond donors (Lipinski definition) is 2. The average molecular weight is 340 g/mol. The van der Waals surface area contributed by atoms with Gasteiger partial charge in [-0.1, -0.05) is 61.9 Å². The minimum atomic E-state index is -0.160. The Morgan fingerprint density at radius 1 is 0.960 bits per heavy atom. The van der Waals surface area contributed by atoms with Gasteiger partial charge in [0.05, 0.1) is 0 Å². The van der Waals surface area contributed by atoms with Gasteiger partial charge in [0.2, 0.25) is 0 Å². The molecule has 0 saturated heterocycles. The highest BCUT2D eigenvalue weighted by atomic mass is 16.2. The van der Waals surface area contributed by atoms with Crippen molar-refractivity contribution in [2.75, 3.05) is 5.32 Å². The highest BCUT2D eigenvalue weighted by Gasteiger charge is 2.26. The summed E-state index contributed by atoms with van der Waals surface area (Å²) in [6.07, 6.45) is 0. The molecule has 134 valence electrons. The summed E-state index contributed by atoms with van der Waals surface area (Å²) >= 11 is 0. The lowest BCUT2D eigenvalue weighted by Crippen LogP contribution is -2.93. The van der Waals surface area contributed by atoms with E-state index in [1.807, 2.05) is 26.8 Å². The summed E-state index contributed by atoms with van der Waals surface area (Å²) in [5, 5.41) is 5.31. The van der Waals surface area contributed by atoms with Crippen LogP contribution in [-0.4, -0.2) is 11.9 Å². The largest absolute Gasteiger partial charge is 0.330 e. The molecule has 0 aliphatic heterocycles. The second kappa shape index (κ2) is 8.30. The van der Waals surface area contributed by atoms with Crippen molar-refractivity contribution < 1.29 is 10.1 Å². The monoisotopic (exact) mass is 339 g/mol. The summed E-state index contributed by atoms with van der Waals surface area (Å²) < 4.78 is 0. The molecule has 0 saturated carbocycles. The first kappa shape index (κ1) is 19.2. The van der Waals surface area contributed by atoms with Crippen LogP contribution in [0.1, 0.15) is 49.1 Å². The van der Waals surface area contributed by atoms with Crippen molar-refractivity contribution in [2.45, 2.75) is 53.6 Å². The minimum absolute atomic E-state index is 0.0524. The van der Waals surface area contributed by atoms with Gasteiger partial charge in [-0.05, 0) is 38.8 Å². The van der Waals surface area contributed by atoms with E-state index in [0.717, 1.165) is 16.8 Å². The molecule has 0 aromatic heterocycles. The fourth-order valence-corrected chi connectivity index (χ4v) is 3.41. The number of nitrogens with two attached hydrogens (primary N) is 1. The van der Waals surface area contributed by atoms with E-state index in [9.17, 15) is 4.79 Å². The van der Waals surface area contributed by atoms with Crippen molar-refractivity contribution in [3.05, 3.63) is 64.7 Å². The summed E-state index contributed by atoms with van der Waals surface area (Å²) in [6.45, 7) is 12.6. The molecule has 3 N–H and O–H groups in total. The summed E-state index contributed by atoms with van der Waals surface area (Å²) in [7, 11) is 0. The fraction of sp³-hybridized carbons (Fsp3) is 0.409. The van der Waals surface area contributed by atoms with E-state index >= 15 is 0 Å². The van der Waals surface area contributed by atoms with Crippen molar-refractivity contribution in [1.29, 1.82) is 0 Å². The molecule has 2 aromatic rings. The van der Waals surface area contributed by atoms with Crippen LogP contribution < -0.4 is 10.6 Å². The Balaban J connectivity index is 2.12. The zero-order chi connectivity index (χ0) is 18.6. The van der Waals surface area contributed by atoms with Crippen LogP contribution in [0.5, 0.6) is 0 Å². The molecule has 0 aliphatic carbocycles. The van der Waals surface area contributed by atoms with Gasteiger partial charge in [-0.15, -0.1) is 0 Å². The molecule has 0 fully saturated rings. The van der Waals surface area contributed by atoms with E-state index in [1.165, 1.54) is 11.1 Å². The van der Waals surface area contributed by atoms with Crippen LogP contribution >= 0.6 is 0 Å². The predicted octanol–water partition coefficient (Wildman–Crippen LogP) is 3.90. The molecule has 0 aliphatic rings. The van der Waals surface area contributed by atoms with Gasteiger partial charge in [0.25, 0.3) is 5.91 Å². The van der Waals surface area contributed by atoms with Crippen LogP contribution in [-0.2, 0) is 4.79 Å². The zero-order valence-corrected chi connectivity index (χ0v) is 16.3. The van der Waals surface area contributed by atoms with Crippen LogP contribution in [0.4, 0.5) is 5.69 Å². The minimum Gasteiger partial charge on any atom is -0.330 e. The molecule has 0 unspecified atom stereocenters. The lowest BCUT2D eigenvalue weighted by atomic mass is 9.95. The number of hydrogen-bond acceptors (Lipinski definition) is 1. The van der Waals surface area contributed by atoms with Gasteiger partial charge in [0.15, 0.2) is 6.04 Å². The summed E-state index contributed by atoms with van der Waals surface area (Å²) in [4.78, 5) is 12.7. The van der Waals surface area contributed by atoms with Crippen molar-refractivity contribution in [3.63, 3.8) is 0 Å². The second-order valence-electron chi connectivity index (χ2n) is 7.42. The zero-order valence-electron chi connectivity index (χ0n) is 16.3. The van der Waals surface area contributed by atoms with Crippen LogP contribution in [0, 0.1) is 26.7 Å². The standard InChI is InChI=1S/C22H30N2O/c1-14(2)20(19-10-8-7-9-11-19)23-18(6)22(25)24-21-16(4)12-15(3)13-17(21)5/h7-14,18,20,23H,1-6H3,(H,24,25)/p+1/t18-,20-/m0/s1. The quantitative estimate of drug-likeness (QED) is 0.824. The van der Waals surface area contributed by atoms with E-state index in [0.29, 0.717) is 5.92 Å². The Morgan fingerprint density at radius 3 is 2.04 bits per heavy atom. The molecule has 0 bridgehead atoms. The van der Waals surface area contributed by atoms with E-state index in [-0.39, 0.29) is 18.0 Å². The maximum Gasteiger partial charge on any atom is 0.282 e. The van der Waals surface area contributed by atoms with Gasteiger partial charge < -0.3 is 10.6 Å². The van der Waals surface area contributed by atoms with Crippen molar-refractivity contribution in [1.82, 2.24) is 0 Å². The number of carbonyl (C=O) groups is 1. The second-order valence-corrected chi connectivity index (χ2v) is 7.42. The number of carbonyl (C=O) groups excluding carboxylic acids is 1. The van der Waals surface area contributed by atoms with Crippen molar-refractivity contribution >= 4 is 11.6 Å². The summed E-state index contributed by atoms with van der Waals surface area (Å²) in [6, 6.07) is 14.7. The number of nitrogens with one attached hydrogen (secondary N) is 1. The Kier molecular flexibility index (Phi) is 6.38. The van der Waals surface area contributed by atoms with Crippen LogP contribution in [0.15, 0.2) is 42.5 Å². The van der Waals surface area contributed by atoms with Crippen LogP contribution in [0.2, 0.25) is 0 Å². The fourth-order valence-electron chi connectivity index (χ4n) is 3.41. The SMILES string of the molecule is Cc1cc(C)c(NC(=O)[C@H](C)[NH2+][C@H](c2ccccc2)C(C)C)c(C)c1. The highest BCUT2D eigenvalue weighted by molar-refractivity contribution is 5.95. The third-order valence-corrected chi connectivity index (χ3v) is 4.74. The molecular formula is C22H31N2O+. The molecule has 3 nitrogen and oxygen atoms in total. The lowest BCUT2D eigenvalue weighted by Gasteiger charge is -2.23. The molecule has 0 spiro atoms. The average Bonchev–Trinajstić information content (AvgIpc) is 2.55. The van der Waals surface area contributed by atoms with E-state index in [1.54, 1.807) is 0 Å². The number of anilines is 1. The van der Waals surface area contributed by atoms with E-state index in [2.05, 4.69) is 67.8 Å². The molecule has 25 heavy (non-hydrogen) atoms. The Hall–Kier alpha value is -2.13. The van der Waals surface area contributed by atoms with Gasteiger partial charge in [0, 0.05) is 17.2 Å². The van der Waals surface area contributed by atoms with E-state index in [4.69, 9.17) is 0 Å². The third kappa shape index (κ3) is 4.93. The summed E-state index contributed by atoms with van der Waals surface area (Å²) in [5.74, 6) is 0.497. The molecule has 1 amide bonds. The summed E-state index contributed by atoms with van der Waals surface area (Å²) in [5.41, 5.74) is 5.65. The topological polar surface area (TPSA) is 45.7 Å². The molecule has 0 heterocycles. The maximum absolute atomic E-state index is 12.7. The van der Waals surface area contributed by atoms with Gasteiger partial charge in [0.1, 0.15) is 6.04 Å². The molecular weight excluding hydrogens is 308 g/mol. The number of quaternary nitrogens is 1. The lowest BCUT2D eigenvalue weighted by molar-refractivity contribution is -0.718. The van der Waals surface area contributed by atoms with Gasteiger partial charge in [-0.25, -0.2) is 0 Å². The molecule has 2 aromatic carbocycles. The van der Waals surface area contributed by atoms with Gasteiger partial charge in [-0.3, -0.25) is 4.79 Å². The first-order valence-corrected chi connectivity index (χ1v) is 9.08. The molecule has 2 rings (SSSR count). The van der Waals surface area contributed by atoms with E-state index < -0.39 is 0 Å². The highest BCUT2D eigenvalue weighted by Crippen LogP contribution is 2.22. The van der Waals surface area contributed by atoms with Gasteiger partial charge >= 0.3 is 0 Å². The molecule has 2 atom stereocenters.